The molecule has 0 atom stereocenters. The van der Waals surface area contributed by atoms with E-state index in [9.17, 15) is 14.0 Å². The Labute approximate surface area is 161 Å². The molecule has 2 aromatic carbocycles. The molecule has 0 fully saturated rings. The molecule has 0 aliphatic heterocycles. The minimum Gasteiger partial charge on any atom is -0.496 e. The monoisotopic (exact) mass is 394 g/mol. The van der Waals surface area contributed by atoms with Gasteiger partial charge in [-0.3, -0.25) is 9.59 Å². The summed E-state index contributed by atoms with van der Waals surface area (Å²) in [6.45, 7) is 1.72. The van der Waals surface area contributed by atoms with Crippen molar-refractivity contribution in [1.82, 2.24) is 5.32 Å². The second-order valence-corrected chi connectivity index (χ2v) is 5.97. The highest BCUT2D eigenvalue weighted by molar-refractivity contribution is 6.31. The zero-order valence-electron chi connectivity index (χ0n) is 15.2. The molecule has 0 aromatic heterocycles. The van der Waals surface area contributed by atoms with Crippen LogP contribution in [0.15, 0.2) is 36.4 Å². The van der Waals surface area contributed by atoms with Gasteiger partial charge in [-0.15, -0.1) is 0 Å². The second kappa shape index (κ2) is 9.23. The SMILES string of the molecule is COc1cccc(OC)c1C(=O)NCCN(C(C)=O)c1ccc(F)c(Cl)c1. The number of nitrogens with zero attached hydrogens (tertiary/aromatic N) is 1. The summed E-state index contributed by atoms with van der Waals surface area (Å²) in [6.07, 6.45) is 0. The summed E-state index contributed by atoms with van der Waals surface area (Å²) in [4.78, 5) is 25.9. The predicted octanol–water partition coefficient (Wildman–Crippen LogP) is 3.28. The van der Waals surface area contributed by atoms with Gasteiger partial charge in [0.2, 0.25) is 5.91 Å². The first-order valence-electron chi connectivity index (χ1n) is 8.11. The fourth-order valence-electron chi connectivity index (χ4n) is 2.57. The standard InChI is InChI=1S/C19H20ClFN2O4/c1-12(24)23(13-7-8-15(21)14(20)11-13)10-9-22-19(25)18-16(26-2)5-4-6-17(18)27-3/h4-8,11H,9-10H2,1-3H3,(H,22,25). The van der Waals surface area contributed by atoms with E-state index in [1.807, 2.05) is 0 Å². The fraction of sp³-hybridized carbons (Fsp3) is 0.263. The van der Waals surface area contributed by atoms with Crippen LogP contribution in [0.4, 0.5) is 10.1 Å². The summed E-state index contributed by atoms with van der Waals surface area (Å²) >= 11 is 5.78. The number of methoxy groups -OCH3 is 2. The zero-order valence-corrected chi connectivity index (χ0v) is 16.0. The molecule has 144 valence electrons. The number of benzene rings is 2. The number of nitrogens with one attached hydrogen (secondary N) is 1. The van der Waals surface area contributed by atoms with E-state index >= 15 is 0 Å². The molecule has 27 heavy (non-hydrogen) atoms. The lowest BCUT2D eigenvalue weighted by Gasteiger charge is -2.22. The van der Waals surface area contributed by atoms with E-state index in [1.54, 1.807) is 18.2 Å². The van der Waals surface area contributed by atoms with Gasteiger partial charge in [0, 0.05) is 25.7 Å². The normalized spacial score (nSPS) is 10.3. The van der Waals surface area contributed by atoms with Gasteiger partial charge >= 0.3 is 0 Å². The fourth-order valence-corrected chi connectivity index (χ4v) is 2.74. The van der Waals surface area contributed by atoms with E-state index in [2.05, 4.69) is 5.32 Å². The molecule has 0 saturated carbocycles. The molecule has 0 unspecified atom stereocenters. The quantitative estimate of drug-likeness (QED) is 0.782. The van der Waals surface area contributed by atoms with Gasteiger partial charge < -0.3 is 19.7 Å². The van der Waals surface area contributed by atoms with Crippen molar-refractivity contribution in [2.75, 3.05) is 32.2 Å². The molecule has 0 bridgehead atoms. The highest BCUT2D eigenvalue weighted by Crippen LogP contribution is 2.28. The van der Waals surface area contributed by atoms with Crippen molar-refractivity contribution in [3.63, 3.8) is 0 Å². The van der Waals surface area contributed by atoms with Crippen LogP contribution in [0.25, 0.3) is 0 Å². The molecule has 6 nitrogen and oxygen atoms in total. The highest BCUT2D eigenvalue weighted by Gasteiger charge is 2.19. The maximum atomic E-state index is 13.3. The number of amides is 2. The van der Waals surface area contributed by atoms with Crippen LogP contribution in [0.5, 0.6) is 11.5 Å². The van der Waals surface area contributed by atoms with Crippen molar-refractivity contribution in [2.24, 2.45) is 0 Å². The molecule has 1 N–H and O–H groups in total. The maximum Gasteiger partial charge on any atom is 0.258 e. The third-order valence-electron chi connectivity index (χ3n) is 3.87. The molecule has 0 spiro atoms. The van der Waals surface area contributed by atoms with E-state index in [1.165, 1.54) is 44.2 Å². The molecule has 2 aromatic rings. The Balaban J connectivity index is 2.10. The Bertz CT molecular complexity index is 822. The van der Waals surface area contributed by atoms with Gasteiger partial charge in [-0.2, -0.15) is 0 Å². The van der Waals surface area contributed by atoms with Crippen LogP contribution in [0.3, 0.4) is 0 Å². The van der Waals surface area contributed by atoms with Crippen LogP contribution in [0.1, 0.15) is 17.3 Å². The van der Waals surface area contributed by atoms with Crippen LogP contribution in [0, 0.1) is 5.82 Å². The summed E-state index contributed by atoms with van der Waals surface area (Å²) < 4.78 is 23.8. The van der Waals surface area contributed by atoms with Crippen LogP contribution >= 0.6 is 11.6 Å². The Kier molecular flexibility index (Phi) is 7.01. The predicted molar refractivity (Wildman–Crippen MR) is 101 cm³/mol. The molecule has 0 aliphatic rings. The van der Waals surface area contributed by atoms with Gasteiger partial charge in [0.15, 0.2) is 0 Å². The molecular weight excluding hydrogens is 375 g/mol. The molecule has 2 amide bonds. The molecule has 8 heteroatoms. The summed E-state index contributed by atoms with van der Waals surface area (Å²) in [7, 11) is 2.92. The first-order chi connectivity index (χ1) is 12.9. The largest absolute Gasteiger partial charge is 0.496 e. The number of hydrogen-bond acceptors (Lipinski definition) is 4. The minimum absolute atomic E-state index is 0.0819. The Hall–Kier alpha value is -2.80. The second-order valence-electron chi connectivity index (χ2n) is 5.56. The average molecular weight is 395 g/mol. The number of carbonyl (C=O) groups is 2. The average Bonchev–Trinajstić information content (AvgIpc) is 2.66. The van der Waals surface area contributed by atoms with Gasteiger partial charge in [-0.05, 0) is 30.3 Å². The minimum atomic E-state index is -0.569. The summed E-state index contributed by atoms with van der Waals surface area (Å²) in [6, 6.07) is 9.02. The van der Waals surface area contributed by atoms with Crippen molar-refractivity contribution in [3.8, 4) is 11.5 Å². The molecule has 2 rings (SSSR count). The van der Waals surface area contributed by atoms with Crippen molar-refractivity contribution < 1.29 is 23.5 Å². The van der Waals surface area contributed by atoms with E-state index in [0.29, 0.717) is 17.2 Å². The number of ether oxygens (including phenoxy) is 2. The molecular formula is C19H20ClFN2O4. The van der Waals surface area contributed by atoms with Crippen molar-refractivity contribution in [1.29, 1.82) is 0 Å². The highest BCUT2D eigenvalue weighted by atomic mass is 35.5. The number of carbonyl (C=O) groups excluding carboxylic acids is 2. The maximum absolute atomic E-state index is 13.3. The third-order valence-corrected chi connectivity index (χ3v) is 4.16. The smallest absolute Gasteiger partial charge is 0.258 e. The molecule has 0 aliphatic carbocycles. The van der Waals surface area contributed by atoms with Gasteiger partial charge in [-0.25, -0.2) is 4.39 Å². The lowest BCUT2D eigenvalue weighted by Crippen LogP contribution is -2.37. The molecule has 0 saturated heterocycles. The van der Waals surface area contributed by atoms with Gasteiger partial charge in [0.25, 0.3) is 5.91 Å². The number of rotatable bonds is 7. The van der Waals surface area contributed by atoms with Crippen molar-refractivity contribution in [2.45, 2.75) is 6.92 Å². The van der Waals surface area contributed by atoms with E-state index in [-0.39, 0.29) is 29.6 Å². The summed E-state index contributed by atoms with van der Waals surface area (Å²) in [5.41, 5.74) is 0.708. The van der Waals surface area contributed by atoms with Crippen LogP contribution in [-0.2, 0) is 4.79 Å². The number of halogens is 2. The van der Waals surface area contributed by atoms with E-state index in [4.69, 9.17) is 21.1 Å². The Morgan fingerprint density at radius 1 is 1.15 bits per heavy atom. The third kappa shape index (κ3) is 4.89. The van der Waals surface area contributed by atoms with Crippen molar-refractivity contribution >= 4 is 29.1 Å². The first-order valence-corrected chi connectivity index (χ1v) is 8.49. The van der Waals surface area contributed by atoms with Gasteiger partial charge in [0.1, 0.15) is 22.9 Å². The summed E-state index contributed by atoms with van der Waals surface area (Å²) in [5, 5.41) is 2.65. The molecule has 0 radical (unpaired) electrons. The van der Waals surface area contributed by atoms with E-state index in [0.717, 1.165) is 0 Å². The van der Waals surface area contributed by atoms with Crippen LogP contribution < -0.4 is 19.7 Å². The lowest BCUT2D eigenvalue weighted by atomic mass is 10.1. The number of anilines is 1. The van der Waals surface area contributed by atoms with Crippen LogP contribution in [0.2, 0.25) is 5.02 Å². The van der Waals surface area contributed by atoms with Crippen molar-refractivity contribution in [3.05, 3.63) is 52.8 Å². The van der Waals surface area contributed by atoms with Crippen LogP contribution in [-0.4, -0.2) is 39.1 Å². The number of hydrogen-bond donors (Lipinski definition) is 1. The lowest BCUT2D eigenvalue weighted by molar-refractivity contribution is -0.116. The summed E-state index contributed by atoms with van der Waals surface area (Å²) in [5.74, 6) is -0.478. The first kappa shape index (κ1) is 20.5. The zero-order chi connectivity index (χ0) is 20.0. The topological polar surface area (TPSA) is 67.9 Å². The van der Waals surface area contributed by atoms with Gasteiger partial charge in [0.05, 0.1) is 19.2 Å². The molecule has 0 heterocycles. The Morgan fingerprint density at radius 3 is 2.30 bits per heavy atom. The van der Waals surface area contributed by atoms with E-state index < -0.39 is 11.7 Å². The van der Waals surface area contributed by atoms with Gasteiger partial charge in [-0.1, -0.05) is 17.7 Å². The Morgan fingerprint density at radius 2 is 1.78 bits per heavy atom.